The molecular formula is C26H40O5. The molecule has 0 spiro atoms. The molecule has 5 heteroatoms. The van der Waals surface area contributed by atoms with E-state index in [1.54, 1.807) is 0 Å². The maximum atomic E-state index is 11.7. The SMILES string of the molecule is C=C(CCC1C(C)CCCC1(C)C)C(O)Cc1ccc(C)c(C=O)c1OC(OC)OC. The standard InChI is InChI=1S/C26H40O5/c1-17-10-12-20(24(21(17)16-27)31-25(29-6)30-7)15-23(28)19(3)11-13-22-18(2)9-8-14-26(22,4)5/h10,12,16,18,22-23,25,28H,3,8-9,11,13-15H2,1-2,4-7H3. The average molecular weight is 433 g/mol. The Balaban J connectivity index is 2.12. The molecule has 0 saturated heterocycles. The van der Waals surface area contributed by atoms with Crippen LogP contribution in [0.25, 0.3) is 0 Å². The Kier molecular flexibility index (Phi) is 9.28. The third kappa shape index (κ3) is 6.41. The predicted molar refractivity (Wildman–Crippen MR) is 123 cm³/mol. The van der Waals surface area contributed by atoms with Gasteiger partial charge in [0.15, 0.2) is 6.29 Å². The lowest BCUT2D eigenvalue weighted by Crippen LogP contribution is -2.34. The molecule has 1 fully saturated rings. The van der Waals surface area contributed by atoms with Gasteiger partial charge in [-0.2, -0.15) is 0 Å². The molecule has 31 heavy (non-hydrogen) atoms. The molecule has 174 valence electrons. The molecule has 1 aliphatic rings. The van der Waals surface area contributed by atoms with Crippen molar-refractivity contribution >= 4 is 6.29 Å². The van der Waals surface area contributed by atoms with Crippen molar-refractivity contribution < 1.29 is 24.1 Å². The van der Waals surface area contributed by atoms with Crippen LogP contribution in [-0.4, -0.2) is 38.2 Å². The van der Waals surface area contributed by atoms with Gasteiger partial charge in [-0.1, -0.05) is 52.3 Å². The molecule has 1 aromatic rings. The first kappa shape index (κ1) is 25.6. The van der Waals surface area contributed by atoms with Crippen molar-refractivity contribution in [1.82, 2.24) is 0 Å². The van der Waals surface area contributed by atoms with Crippen LogP contribution < -0.4 is 4.74 Å². The number of aryl methyl sites for hydroxylation is 1. The maximum absolute atomic E-state index is 11.7. The average Bonchev–Trinajstić information content (AvgIpc) is 2.72. The highest BCUT2D eigenvalue weighted by atomic mass is 16.8. The minimum absolute atomic E-state index is 0.319. The van der Waals surface area contributed by atoms with Crippen LogP contribution in [0.4, 0.5) is 0 Å². The lowest BCUT2D eigenvalue weighted by atomic mass is 9.62. The normalized spacial score (nSPS) is 21.7. The number of aliphatic hydroxyl groups excluding tert-OH is 1. The molecule has 0 heterocycles. The molecule has 3 atom stereocenters. The molecule has 3 unspecified atom stereocenters. The summed E-state index contributed by atoms with van der Waals surface area (Å²) < 4.78 is 16.1. The van der Waals surface area contributed by atoms with E-state index in [2.05, 4.69) is 27.4 Å². The summed E-state index contributed by atoms with van der Waals surface area (Å²) in [5, 5.41) is 10.9. The molecule has 1 aromatic carbocycles. The Bertz CT molecular complexity index is 750. The fraction of sp³-hybridized carbons (Fsp3) is 0.654. The van der Waals surface area contributed by atoms with E-state index in [1.165, 1.54) is 33.5 Å². The van der Waals surface area contributed by atoms with Crippen LogP contribution in [0.15, 0.2) is 24.3 Å². The molecule has 1 saturated carbocycles. The van der Waals surface area contributed by atoms with Crippen molar-refractivity contribution in [2.45, 2.75) is 78.8 Å². The third-order valence-corrected chi connectivity index (χ3v) is 7.04. The number of aldehydes is 1. The van der Waals surface area contributed by atoms with Gasteiger partial charge in [-0.05, 0) is 60.1 Å². The van der Waals surface area contributed by atoms with Crippen LogP contribution in [-0.2, 0) is 15.9 Å². The van der Waals surface area contributed by atoms with Gasteiger partial charge in [0.05, 0.1) is 11.7 Å². The van der Waals surface area contributed by atoms with Crippen molar-refractivity contribution in [3.63, 3.8) is 0 Å². The highest BCUT2D eigenvalue weighted by molar-refractivity contribution is 5.82. The Labute approximate surface area is 187 Å². The minimum atomic E-state index is -0.936. The lowest BCUT2D eigenvalue weighted by molar-refractivity contribution is -0.219. The van der Waals surface area contributed by atoms with E-state index in [9.17, 15) is 9.90 Å². The zero-order valence-electron chi connectivity index (χ0n) is 20.1. The first-order valence-corrected chi connectivity index (χ1v) is 11.3. The number of carbonyl (C=O) groups is 1. The second kappa shape index (κ2) is 11.3. The lowest BCUT2D eigenvalue weighted by Gasteiger charge is -2.43. The van der Waals surface area contributed by atoms with Crippen molar-refractivity contribution in [3.05, 3.63) is 41.0 Å². The molecule has 0 aliphatic heterocycles. The number of hydrogen-bond acceptors (Lipinski definition) is 5. The number of hydrogen-bond donors (Lipinski definition) is 1. The largest absolute Gasteiger partial charge is 0.440 e. The monoisotopic (exact) mass is 432 g/mol. The quantitative estimate of drug-likeness (QED) is 0.286. The van der Waals surface area contributed by atoms with E-state index in [1.807, 2.05) is 19.1 Å². The Morgan fingerprint density at radius 2 is 2.00 bits per heavy atom. The van der Waals surface area contributed by atoms with E-state index >= 15 is 0 Å². The van der Waals surface area contributed by atoms with Gasteiger partial charge in [0.1, 0.15) is 5.75 Å². The van der Waals surface area contributed by atoms with Crippen molar-refractivity contribution in [2.75, 3.05) is 14.2 Å². The molecule has 0 radical (unpaired) electrons. The fourth-order valence-corrected chi connectivity index (χ4v) is 5.05. The van der Waals surface area contributed by atoms with E-state index in [-0.39, 0.29) is 0 Å². The van der Waals surface area contributed by atoms with Crippen molar-refractivity contribution in [3.8, 4) is 5.75 Å². The highest BCUT2D eigenvalue weighted by Gasteiger charge is 2.36. The number of aliphatic hydroxyl groups is 1. The molecule has 1 N–H and O–H groups in total. The zero-order valence-corrected chi connectivity index (χ0v) is 20.1. The summed E-state index contributed by atoms with van der Waals surface area (Å²) >= 11 is 0. The van der Waals surface area contributed by atoms with Crippen LogP contribution in [0, 0.1) is 24.2 Å². The summed E-state index contributed by atoms with van der Waals surface area (Å²) in [6.45, 7) is 12.2. The summed E-state index contributed by atoms with van der Waals surface area (Å²) in [6, 6.07) is 3.74. The van der Waals surface area contributed by atoms with E-state index in [0.29, 0.717) is 35.0 Å². The molecule has 0 bridgehead atoms. The van der Waals surface area contributed by atoms with Crippen LogP contribution >= 0.6 is 0 Å². The summed E-state index contributed by atoms with van der Waals surface area (Å²) in [4.78, 5) is 11.7. The number of benzene rings is 1. The Morgan fingerprint density at radius 1 is 1.32 bits per heavy atom. The minimum Gasteiger partial charge on any atom is -0.440 e. The second-order valence-electron chi connectivity index (χ2n) is 9.66. The van der Waals surface area contributed by atoms with E-state index < -0.39 is 12.6 Å². The Hall–Kier alpha value is -1.69. The first-order valence-electron chi connectivity index (χ1n) is 11.3. The topological polar surface area (TPSA) is 65.0 Å². The smallest absolute Gasteiger partial charge is 0.315 e. The summed E-state index contributed by atoms with van der Waals surface area (Å²) in [6.07, 6.45) is 6.04. The van der Waals surface area contributed by atoms with E-state index in [4.69, 9.17) is 14.2 Å². The molecule has 0 aromatic heterocycles. The fourth-order valence-electron chi connectivity index (χ4n) is 5.05. The molecule has 1 aliphatic carbocycles. The number of methoxy groups -OCH3 is 2. The van der Waals surface area contributed by atoms with Gasteiger partial charge >= 0.3 is 6.48 Å². The zero-order chi connectivity index (χ0) is 23.2. The van der Waals surface area contributed by atoms with Gasteiger partial charge in [0.25, 0.3) is 0 Å². The second-order valence-corrected chi connectivity index (χ2v) is 9.66. The number of carbonyl (C=O) groups excluding carboxylic acids is 1. The van der Waals surface area contributed by atoms with Gasteiger partial charge in [0, 0.05) is 20.6 Å². The van der Waals surface area contributed by atoms with Gasteiger partial charge in [-0.15, -0.1) is 0 Å². The van der Waals surface area contributed by atoms with Crippen LogP contribution in [0.3, 0.4) is 0 Å². The van der Waals surface area contributed by atoms with Gasteiger partial charge in [0.2, 0.25) is 0 Å². The summed E-state index contributed by atoms with van der Waals surface area (Å²) in [5.41, 5.74) is 3.11. The van der Waals surface area contributed by atoms with Crippen LogP contribution in [0.5, 0.6) is 5.75 Å². The van der Waals surface area contributed by atoms with Crippen molar-refractivity contribution in [2.24, 2.45) is 17.3 Å². The predicted octanol–water partition coefficient (Wildman–Crippen LogP) is 5.46. The van der Waals surface area contributed by atoms with Gasteiger partial charge < -0.3 is 19.3 Å². The van der Waals surface area contributed by atoms with Crippen molar-refractivity contribution in [1.29, 1.82) is 0 Å². The maximum Gasteiger partial charge on any atom is 0.315 e. The van der Waals surface area contributed by atoms with E-state index in [0.717, 1.165) is 35.8 Å². The van der Waals surface area contributed by atoms with Gasteiger partial charge in [-0.3, -0.25) is 4.79 Å². The molecule has 0 amide bonds. The third-order valence-electron chi connectivity index (χ3n) is 7.04. The molecule has 2 rings (SSSR count). The number of ether oxygens (including phenoxy) is 3. The molecule has 5 nitrogen and oxygen atoms in total. The Morgan fingerprint density at radius 3 is 2.58 bits per heavy atom. The summed E-state index contributed by atoms with van der Waals surface area (Å²) in [5.74, 6) is 1.72. The van der Waals surface area contributed by atoms with Crippen LogP contribution in [0.1, 0.15) is 74.4 Å². The number of rotatable bonds is 11. The highest BCUT2D eigenvalue weighted by Crippen LogP contribution is 2.46. The summed E-state index contributed by atoms with van der Waals surface area (Å²) in [7, 11) is 2.93. The van der Waals surface area contributed by atoms with Crippen LogP contribution in [0.2, 0.25) is 0 Å². The first-order chi connectivity index (χ1) is 14.6. The molecular weight excluding hydrogens is 392 g/mol. The van der Waals surface area contributed by atoms with Gasteiger partial charge in [-0.25, -0.2) is 0 Å².